The average molecular weight is 261 g/mol. The average Bonchev–Trinajstić information content (AvgIpc) is 2.71. The molecule has 1 heterocycles. The van der Waals surface area contributed by atoms with Gasteiger partial charge < -0.3 is 9.84 Å². The molecule has 7 heteroatoms. The van der Waals surface area contributed by atoms with Gasteiger partial charge in [0.2, 0.25) is 5.89 Å². The second kappa shape index (κ2) is 5.59. The molecule has 2 atom stereocenters. The highest BCUT2D eigenvalue weighted by atomic mass is 32.2. The first-order chi connectivity index (χ1) is 7.88. The molecule has 0 radical (unpaired) electrons. The molecule has 6 nitrogen and oxygen atoms in total. The van der Waals surface area contributed by atoms with Crippen LogP contribution in [-0.2, 0) is 16.3 Å². The van der Waals surface area contributed by atoms with Gasteiger partial charge in [-0.1, -0.05) is 12.1 Å². The molecular weight excluding hydrogens is 242 g/mol. The van der Waals surface area contributed by atoms with E-state index in [4.69, 9.17) is 4.52 Å². The first-order valence-corrected chi connectivity index (χ1v) is 7.52. The summed E-state index contributed by atoms with van der Waals surface area (Å²) in [5, 5.41) is 6.11. The molecule has 17 heavy (non-hydrogen) atoms. The highest BCUT2D eigenvalue weighted by Crippen LogP contribution is 2.18. The van der Waals surface area contributed by atoms with Crippen LogP contribution in [0.5, 0.6) is 0 Å². The van der Waals surface area contributed by atoms with Gasteiger partial charge in [0.05, 0.1) is 0 Å². The summed E-state index contributed by atoms with van der Waals surface area (Å²) < 4.78 is 27.7. The summed E-state index contributed by atoms with van der Waals surface area (Å²) in [7, 11) is -1.32. The second-order valence-corrected chi connectivity index (χ2v) is 6.48. The van der Waals surface area contributed by atoms with Crippen LogP contribution in [0.15, 0.2) is 4.52 Å². The third-order valence-corrected chi connectivity index (χ3v) is 4.31. The smallest absolute Gasteiger partial charge is 0.228 e. The van der Waals surface area contributed by atoms with E-state index in [9.17, 15) is 8.42 Å². The van der Waals surface area contributed by atoms with Gasteiger partial charge in [0.15, 0.2) is 15.7 Å². The molecule has 0 aromatic carbocycles. The maximum Gasteiger partial charge on any atom is 0.228 e. The molecule has 1 aromatic rings. The summed E-state index contributed by atoms with van der Waals surface area (Å²) in [5.74, 6) is 0.699. The fraction of sp³-hybridized carbons (Fsp3) is 0.800. The Morgan fingerprint density at radius 1 is 1.47 bits per heavy atom. The quantitative estimate of drug-likeness (QED) is 0.812. The minimum atomic E-state index is -3.18. The van der Waals surface area contributed by atoms with Crippen molar-refractivity contribution in [3.63, 3.8) is 0 Å². The molecule has 0 fully saturated rings. The van der Waals surface area contributed by atoms with Crippen LogP contribution < -0.4 is 5.32 Å². The summed E-state index contributed by atoms with van der Waals surface area (Å²) in [6.45, 7) is 3.61. The number of hydrogen-bond acceptors (Lipinski definition) is 6. The van der Waals surface area contributed by atoms with Crippen molar-refractivity contribution >= 4 is 9.84 Å². The number of nitrogens with one attached hydrogen (secondary N) is 1. The van der Waals surface area contributed by atoms with Crippen LogP contribution in [0.25, 0.3) is 0 Å². The van der Waals surface area contributed by atoms with Crippen LogP contribution in [0.3, 0.4) is 0 Å². The van der Waals surface area contributed by atoms with Crippen molar-refractivity contribution in [2.24, 2.45) is 0 Å². The molecule has 0 saturated carbocycles. The monoisotopic (exact) mass is 261 g/mol. The fourth-order valence-electron chi connectivity index (χ4n) is 1.37. The highest BCUT2D eigenvalue weighted by molar-refractivity contribution is 7.90. The standard InChI is InChI=1S/C10H19N3O3S/c1-5-8(11-3)6-9-12-10(13-16-9)7(2)17(4,14)15/h7-8,11H,5-6H2,1-4H3. The summed E-state index contributed by atoms with van der Waals surface area (Å²) in [5.41, 5.74) is 0. The Kier molecular flexibility index (Phi) is 4.64. The van der Waals surface area contributed by atoms with Crippen LogP contribution >= 0.6 is 0 Å². The van der Waals surface area contributed by atoms with Crippen LogP contribution in [-0.4, -0.2) is 37.9 Å². The van der Waals surface area contributed by atoms with E-state index in [-0.39, 0.29) is 11.9 Å². The van der Waals surface area contributed by atoms with Gasteiger partial charge in [-0.3, -0.25) is 0 Å². The van der Waals surface area contributed by atoms with E-state index >= 15 is 0 Å². The van der Waals surface area contributed by atoms with Crippen LogP contribution in [0, 0.1) is 0 Å². The van der Waals surface area contributed by atoms with Crippen molar-refractivity contribution in [1.82, 2.24) is 15.5 Å². The molecule has 0 aliphatic heterocycles. The molecule has 0 saturated heterocycles. The molecule has 1 rings (SSSR count). The Morgan fingerprint density at radius 3 is 2.59 bits per heavy atom. The van der Waals surface area contributed by atoms with Gasteiger partial charge in [0.1, 0.15) is 5.25 Å². The lowest BCUT2D eigenvalue weighted by Crippen LogP contribution is -2.26. The van der Waals surface area contributed by atoms with Gasteiger partial charge in [-0.05, 0) is 20.4 Å². The topological polar surface area (TPSA) is 85.1 Å². The Labute approximate surface area is 102 Å². The molecule has 0 aliphatic rings. The fourth-order valence-corrected chi connectivity index (χ4v) is 1.85. The highest BCUT2D eigenvalue weighted by Gasteiger charge is 2.23. The predicted molar refractivity (Wildman–Crippen MR) is 64.4 cm³/mol. The lowest BCUT2D eigenvalue weighted by atomic mass is 10.1. The predicted octanol–water partition coefficient (Wildman–Crippen LogP) is 0.716. The number of nitrogens with zero attached hydrogens (tertiary/aromatic N) is 2. The van der Waals surface area contributed by atoms with Crippen molar-refractivity contribution in [2.75, 3.05) is 13.3 Å². The SMILES string of the molecule is CCC(Cc1nc(C(C)S(C)(=O)=O)no1)NC. The molecule has 0 amide bonds. The van der Waals surface area contributed by atoms with Gasteiger partial charge in [0, 0.05) is 18.7 Å². The van der Waals surface area contributed by atoms with Crippen molar-refractivity contribution in [2.45, 2.75) is 38.0 Å². The third-order valence-electron chi connectivity index (χ3n) is 2.81. The normalized spacial score (nSPS) is 15.8. The van der Waals surface area contributed by atoms with Crippen molar-refractivity contribution in [3.8, 4) is 0 Å². The third kappa shape index (κ3) is 3.78. The number of rotatable bonds is 6. The Balaban J connectivity index is 2.78. The first-order valence-electron chi connectivity index (χ1n) is 5.57. The lowest BCUT2D eigenvalue weighted by molar-refractivity contribution is 0.354. The van der Waals surface area contributed by atoms with E-state index in [1.54, 1.807) is 6.92 Å². The largest absolute Gasteiger partial charge is 0.339 e. The zero-order valence-electron chi connectivity index (χ0n) is 10.6. The van der Waals surface area contributed by atoms with Gasteiger partial charge in [-0.15, -0.1) is 0 Å². The molecule has 0 spiro atoms. The van der Waals surface area contributed by atoms with Gasteiger partial charge in [-0.2, -0.15) is 4.98 Å². The molecule has 0 aliphatic carbocycles. The van der Waals surface area contributed by atoms with E-state index in [1.807, 2.05) is 7.05 Å². The number of aromatic nitrogens is 2. The second-order valence-electron chi connectivity index (χ2n) is 4.12. The number of sulfone groups is 1. The minimum absolute atomic E-state index is 0.230. The van der Waals surface area contributed by atoms with Crippen molar-refractivity contribution in [3.05, 3.63) is 11.7 Å². The zero-order chi connectivity index (χ0) is 13.1. The molecule has 0 bridgehead atoms. The van der Waals surface area contributed by atoms with Crippen LogP contribution in [0.4, 0.5) is 0 Å². The maximum absolute atomic E-state index is 11.3. The maximum atomic E-state index is 11.3. The van der Waals surface area contributed by atoms with E-state index in [0.29, 0.717) is 12.3 Å². The van der Waals surface area contributed by atoms with Crippen LogP contribution in [0.2, 0.25) is 0 Å². The summed E-state index contributed by atoms with van der Waals surface area (Å²) in [6.07, 6.45) is 2.71. The number of likely N-dealkylation sites (N-methyl/N-ethyl adjacent to an activating group) is 1. The van der Waals surface area contributed by atoms with E-state index in [1.165, 1.54) is 0 Å². The zero-order valence-corrected chi connectivity index (χ0v) is 11.4. The van der Waals surface area contributed by atoms with Gasteiger partial charge in [-0.25, -0.2) is 8.42 Å². The first kappa shape index (κ1) is 14.1. The molecule has 1 N–H and O–H groups in total. The summed E-state index contributed by atoms with van der Waals surface area (Å²) in [6, 6.07) is 0.261. The van der Waals surface area contributed by atoms with E-state index < -0.39 is 15.1 Å². The Hall–Kier alpha value is -0.950. The molecule has 2 unspecified atom stereocenters. The van der Waals surface area contributed by atoms with Gasteiger partial charge in [0.25, 0.3) is 0 Å². The summed E-state index contributed by atoms with van der Waals surface area (Å²) in [4.78, 5) is 4.12. The summed E-state index contributed by atoms with van der Waals surface area (Å²) >= 11 is 0. The molecular formula is C10H19N3O3S. The van der Waals surface area contributed by atoms with Gasteiger partial charge >= 0.3 is 0 Å². The lowest BCUT2D eigenvalue weighted by Gasteiger charge is -2.09. The Bertz CT molecular complexity index is 451. The Morgan fingerprint density at radius 2 is 2.12 bits per heavy atom. The van der Waals surface area contributed by atoms with E-state index in [2.05, 4.69) is 22.4 Å². The van der Waals surface area contributed by atoms with Crippen molar-refractivity contribution < 1.29 is 12.9 Å². The van der Waals surface area contributed by atoms with E-state index in [0.717, 1.165) is 12.7 Å². The van der Waals surface area contributed by atoms with Crippen LogP contribution in [0.1, 0.15) is 37.2 Å². The number of hydrogen-bond donors (Lipinski definition) is 1. The minimum Gasteiger partial charge on any atom is -0.339 e. The molecule has 1 aromatic heterocycles. The van der Waals surface area contributed by atoms with Crippen molar-refractivity contribution in [1.29, 1.82) is 0 Å². The molecule has 98 valence electrons.